The number of hydrogen-bond acceptors (Lipinski definition) is 2. The number of aliphatic hydroxyl groups excluding tert-OH is 1. The third-order valence-corrected chi connectivity index (χ3v) is 4.67. The Balaban J connectivity index is 3.72. The summed E-state index contributed by atoms with van der Waals surface area (Å²) in [4.78, 5) is 11.5. The Kier molecular flexibility index (Phi) is 9.28. The molecule has 0 aromatic heterocycles. The van der Waals surface area contributed by atoms with Crippen molar-refractivity contribution in [3.8, 4) is 0 Å². The van der Waals surface area contributed by atoms with Gasteiger partial charge in [-0.1, -0.05) is 38.6 Å². The fraction of sp³-hybridized carbons (Fsp3) is 0.812. The number of ketones is 1. The fourth-order valence-corrected chi connectivity index (χ4v) is 3.94. The Bertz CT molecular complexity index is 279. The second kappa shape index (κ2) is 9.48. The highest BCUT2D eigenvalue weighted by molar-refractivity contribution is 6.76. The molecule has 112 valence electrons. The lowest BCUT2D eigenvalue weighted by Gasteiger charge is -2.19. The summed E-state index contributed by atoms with van der Waals surface area (Å²) in [5.41, 5.74) is 1.17. The number of unbranched alkanes of at least 4 members (excludes halogenated alkanes) is 1. The molecule has 0 aliphatic rings. The number of carbonyl (C=O) groups excluding carboxylic acids is 1. The van der Waals surface area contributed by atoms with Crippen molar-refractivity contribution in [3.63, 3.8) is 0 Å². The molecule has 0 unspecified atom stereocenters. The molecule has 0 aliphatic heterocycles. The summed E-state index contributed by atoms with van der Waals surface area (Å²) in [7, 11) is -1.12. The van der Waals surface area contributed by atoms with E-state index in [1.807, 2.05) is 0 Å². The van der Waals surface area contributed by atoms with E-state index < -0.39 is 8.07 Å². The zero-order valence-electron chi connectivity index (χ0n) is 13.3. The van der Waals surface area contributed by atoms with Crippen molar-refractivity contribution < 1.29 is 9.90 Å². The van der Waals surface area contributed by atoms with Gasteiger partial charge < -0.3 is 5.11 Å². The zero-order chi connectivity index (χ0) is 14.9. The summed E-state index contributed by atoms with van der Waals surface area (Å²) >= 11 is 0. The third-order valence-electron chi connectivity index (χ3n) is 3.11. The Labute approximate surface area is 120 Å². The maximum atomic E-state index is 11.5. The number of Topliss-reactive ketones (excluding diaryl/α,β-unsaturated/α-hetero) is 1. The first kappa shape index (κ1) is 18.6. The number of rotatable bonds is 11. The molecule has 0 aromatic carbocycles. The van der Waals surface area contributed by atoms with E-state index in [4.69, 9.17) is 0 Å². The van der Waals surface area contributed by atoms with E-state index in [1.165, 1.54) is 5.57 Å². The first-order valence-electron chi connectivity index (χ1n) is 7.61. The third kappa shape index (κ3) is 12.4. The van der Waals surface area contributed by atoms with Gasteiger partial charge in [-0.2, -0.15) is 0 Å². The summed E-state index contributed by atoms with van der Waals surface area (Å²) in [6.07, 6.45) is 5.31. The summed E-state index contributed by atoms with van der Waals surface area (Å²) in [6.45, 7) is 13.1. The van der Waals surface area contributed by atoms with Crippen molar-refractivity contribution >= 4 is 13.9 Å². The van der Waals surface area contributed by atoms with E-state index in [0.29, 0.717) is 25.0 Å². The van der Waals surface area contributed by atoms with Gasteiger partial charge in [0.05, 0.1) is 6.10 Å². The molecule has 1 atom stereocenters. The second-order valence-corrected chi connectivity index (χ2v) is 12.4. The van der Waals surface area contributed by atoms with E-state index in [2.05, 4.69) is 33.1 Å². The van der Waals surface area contributed by atoms with Gasteiger partial charge in [-0.3, -0.25) is 4.79 Å². The van der Waals surface area contributed by atoms with Gasteiger partial charge in [0, 0.05) is 20.9 Å². The van der Waals surface area contributed by atoms with Crippen LogP contribution in [-0.2, 0) is 4.79 Å². The molecule has 19 heavy (non-hydrogen) atoms. The monoisotopic (exact) mass is 284 g/mol. The first-order valence-corrected chi connectivity index (χ1v) is 11.3. The van der Waals surface area contributed by atoms with Crippen LogP contribution >= 0.6 is 0 Å². The Morgan fingerprint density at radius 3 is 2.32 bits per heavy atom. The van der Waals surface area contributed by atoms with E-state index >= 15 is 0 Å². The Morgan fingerprint density at radius 1 is 1.21 bits per heavy atom. The van der Waals surface area contributed by atoms with Crippen molar-refractivity contribution in [1.29, 1.82) is 0 Å². The minimum absolute atomic E-state index is 0.317. The smallest absolute Gasteiger partial charge is 0.132 e. The van der Waals surface area contributed by atoms with Gasteiger partial charge in [-0.25, -0.2) is 0 Å². The molecular weight excluding hydrogens is 252 g/mol. The van der Waals surface area contributed by atoms with Gasteiger partial charge in [0.1, 0.15) is 5.78 Å². The molecule has 0 fully saturated rings. The summed E-state index contributed by atoms with van der Waals surface area (Å²) in [5.74, 6) is 0.343. The maximum Gasteiger partial charge on any atom is 0.132 e. The number of aliphatic hydroxyl groups is 1. The quantitative estimate of drug-likeness (QED) is 0.446. The molecular formula is C16H32O2Si. The fourth-order valence-electron chi connectivity index (χ4n) is 2.29. The molecule has 2 nitrogen and oxygen atoms in total. The predicted octanol–water partition coefficient (Wildman–Crippen LogP) is 4.56. The van der Waals surface area contributed by atoms with Gasteiger partial charge in [0.15, 0.2) is 0 Å². The molecule has 0 bridgehead atoms. The molecule has 0 saturated heterocycles. The van der Waals surface area contributed by atoms with E-state index in [0.717, 1.165) is 31.7 Å². The van der Waals surface area contributed by atoms with Crippen molar-refractivity contribution in [2.75, 3.05) is 0 Å². The van der Waals surface area contributed by atoms with Crippen LogP contribution in [0.4, 0.5) is 0 Å². The van der Waals surface area contributed by atoms with Crippen LogP contribution in [0.1, 0.15) is 51.9 Å². The standard InChI is InChI=1S/C16H32O2Si/c1-6-7-9-15(17)10-8-11-16(18)12-14(2)13-19(3,4)5/h16,18H,2,6-13H2,1,3-5H3/t16-/m0/s1. The molecule has 0 spiro atoms. The summed E-state index contributed by atoms with van der Waals surface area (Å²) < 4.78 is 0. The average molecular weight is 285 g/mol. The van der Waals surface area contributed by atoms with E-state index in [-0.39, 0.29) is 6.10 Å². The summed E-state index contributed by atoms with van der Waals surface area (Å²) in [5, 5.41) is 9.95. The van der Waals surface area contributed by atoms with Crippen molar-refractivity contribution in [2.45, 2.75) is 83.7 Å². The maximum absolute atomic E-state index is 11.5. The normalized spacial score (nSPS) is 13.3. The molecule has 0 rings (SSSR count). The van der Waals surface area contributed by atoms with E-state index in [1.54, 1.807) is 0 Å². The predicted molar refractivity (Wildman–Crippen MR) is 86.3 cm³/mol. The molecule has 0 amide bonds. The van der Waals surface area contributed by atoms with Gasteiger partial charge in [-0.05, 0) is 31.7 Å². The van der Waals surface area contributed by atoms with Crippen LogP contribution in [0, 0.1) is 0 Å². The van der Waals surface area contributed by atoms with Gasteiger partial charge in [0.25, 0.3) is 0 Å². The van der Waals surface area contributed by atoms with Crippen molar-refractivity contribution in [3.05, 3.63) is 12.2 Å². The second-order valence-electron chi connectivity index (χ2n) is 6.88. The lowest BCUT2D eigenvalue weighted by Crippen LogP contribution is -2.21. The lowest BCUT2D eigenvalue weighted by molar-refractivity contribution is -0.119. The number of carbonyl (C=O) groups is 1. The van der Waals surface area contributed by atoms with Gasteiger partial charge in [0.2, 0.25) is 0 Å². The van der Waals surface area contributed by atoms with Crippen LogP contribution < -0.4 is 0 Å². The highest BCUT2D eigenvalue weighted by atomic mass is 28.3. The Morgan fingerprint density at radius 2 is 1.79 bits per heavy atom. The summed E-state index contributed by atoms with van der Waals surface area (Å²) in [6, 6.07) is 1.08. The van der Waals surface area contributed by atoms with Crippen LogP contribution in [0.3, 0.4) is 0 Å². The van der Waals surface area contributed by atoms with E-state index in [9.17, 15) is 9.90 Å². The minimum atomic E-state index is -1.12. The average Bonchev–Trinajstić information content (AvgIpc) is 2.23. The molecule has 0 aliphatic carbocycles. The van der Waals surface area contributed by atoms with Crippen LogP contribution in [0.25, 0.3) is 0 Å². The van der Waals surface area contributed by atoms with Crippen LogP contribution in [-0.4, -0.2) is 25.1 Å². The van der Waals surface area contributed by atoms with Crippen molar-refractivity contribution in [2.24, 2.45) is 0 Å². The van der Waals surface area contributed by atoms with Crippen LogP contribution in [0.5, 0.6) is 0 Å². The number of hydrogen-bond donors (Lipinski definition) is 1. The molecule has 0 saturated carbocycles. The molecule has 0 heterocycles. The van der Waals surface area contributed by atoms with Gasteiger partial charge >= 0.3 is 0 Å². The van der Waals surface area contributed by atoms with Crippen LogP contribution in [0.15, 0.2) is 12.2 Å². The minimum Gasteiger partial charge on any atom is -0.393 e. The molecule has 3 heteroatoms. The van der Waals surface area contributed by atoms with Gasteiger partial charge in [-0.15, -0.1) is 6.58 Å². The Hall–Kier alpha value is -0.413. The topological polar surface area (TPSA) is 37.3 Å². The van der Waals surface area contributed by atoms with Crippen LogP contribution in [0.2, 0.25) is 25.7 Å². The largest absolute Gasteiger partial charge is 0.393 e. The molecule has 0 radical (unpaired) electrons. The highest BCUT2D eigenvalue weighted by Gasteiger charge is 2.16. The molecule has 1 N–H and O–H groups in total. The molecule has 0 aromatic rings. The SMILES string of the molecule is C=C(C[C@@H](O)CCCC(=O)CCCC)C[Si](C)(C)C. The zero-order valence-corrected chi connectivity index (χ0v) is 14.3. The first-order chi connectivity index (χ1) is 8.74. The highest BCUT2D eigenvalue weighted by Crippen LogP contribution is 2.20. The lowest BCUT2D eigenvalue weighted by atomic mass is 10.0. The van der Waals surface area contributed by atoms with Crippen molar-refractivity contribution in [1.82, 2.24) is 0 Å².